The minimum atomic E-state index is 0.441. The Balaban J connectivity index is 1.46. The third kappa shape index (κ3) is 5.19. The van der Waals surface area contributed by atoms with E-state index in [0.717, 1.165) is 48.7 Å². The van der Waals surface area contributed by atoms with Crippen molar-refractivity contribution in [2.45, 2.75) is 25.4 Å². The normalized spacial score (nSPS) is 15.9. The Morgan fingerprint density at radius 3 is 2.60 bits per heavy atom. The summed E-state index contributed by atoms with van der Waals surface area (Å²) in [5, 5.41) is 6.93. The summed E-state index contributed by atoms with van der Waals surface area (Å²) in [6.07, 6.45) is 4.01. The van der Waals surface area contributed by atoms with Gasteiger partial charge in [0.05, 0.1) is 0 Å². The van der Waals surface area contributed by atoms with Crippen molar-refractivity contribution in [3.8, 4) is 0 Å². The number of piperidine rings is 1. The molecule has 0 unspecified atom stereocenters. The van der Waals surface area contributed by atoms with E-state index in [1.54, 1.807) is 0 Å². The van der Waals surface area contributed by atoms with E-state index in [0.29, 0.717) is 6.04 Å². The van der Waals surface area contributed by atoms with Gasteiger partial charge in [0.1, 0.15) is 5.82 Å². The van der Waals surface area contributed by atoms with Gasteiger partial charge in [-0.15, -0.1) is 0 Å². The highest BCUT2D eigenvalue weighted by atomic mass is 79.9. The molecule has 6 heteroatoms. The van der Waals surface area contributed by atoms with Crippen molar-refractivity contribution in [1.29, 1.82) is 0 Å². The van der Waals surface area contributed by atoms with E-state index < -0.39 is 0 Å². The molecule has 1 saturated heterocycles. The Labute approximate surface area is 157 Å². The zero-order valence-corrected chi connectivity index (χ0v) is 16.0. The lowest BCUT2D eigenvalue weighted by molar-refractivity contribution is 0.459. The van der Waals surface area contributed by atoms with Gasteiger partial charge in [-0.05, 0) is 42.7 Å². The van der Waals surface area contributed by atoms with E-state index in [1.165, 1.54) is 5.56 Å². The monoisotopic (exact) mass is 401 g/mol. The molecule has 0 atom stereocenters. The number of anilines is 1. The second-order valence-corrected chi connectivity index (χ2v) is 7.06. The average molecular weight is 402 g/mol. The summed E-state index contributed by atoms with van der Waals surface area (Å²) in [5.74, 6) is 1.93. The second-order valence-electron chi connectivity index (χ2n) is 6.15. The van der Waals surface area contributed by atoms with Crippen LogP contribution in [0.3, 0.4) is 0 Å². The number of pyridine rings is 1. The lowest BCUT2D eigenvalue weighted by atomic mass is 10.1. The first-order valence-corrected chi connectivity index (χ1v) is 9.41. The SMILES string of the molecule is CN=C(NCc1ccc(Br)cc1)NC1CCN(c2ccccn2)CC1. The van der Waals surface area contributed by atoms with Gasteiger partial charge in [-0.2, -0.15) is 0 Å². The fourth-order valence-electron chi connectivity index (χ4n) is 2.97. The summed E-state index contributed by atoms with van der Waals surface area (Å²) in [6, 6.07) is 14.8. The van der Waals surface area contributed by atoms with Crippen LogP contribution in [-0.2, 0) is 6.54 Å². The lowest BCUT2D eigenvalue weighted by Gasteiger charge is -2.33. The number of benzene rings is 1. The number of hydrogen-bond donors (Lipinski definition) is 2. The van der Waals surface area contributed by atoms with Crippen LogP contribution in [0.1, 0.15) is 18.4 Å². The first-order chi connectivity index (χ1) is 12.2. The molecule has 1 aliphatic heterocycles. The molecule has 0 radical (unpaired) electrons. The van der Waals surface area contributed by atoms with Crippen molar-refractivity contribution >= 4 is 27.7 Å². The number of nitrogens with one attached hydrogen (secondary N) is 2. The molecule has 1 aromatic carbocycles. The summed E-state index contributed by atoms with van der Waals surface area (Å²) in [6.45, 7) is 2.79. The van der Waals surface area contributed by atoms with Crippen LogP contribution in [0.5, 0.6) is 0 Å². The summed E-state index contributed by atoms with van der Waals surface area (Å²) in [4.78, 5) is 11.1. The fraction of sp³-hybridized carbons (Fsp3) is 0.368. The first-order valence-electron chi connectivity index (χ1n) is 8.62. The smallest absolute Gasteiger partial charge is 0.191 e. The molecule has 0 saturated carbocycles. The molecule has 0 amide bonds. The van der Waals surface area contributed by atoms with Gasteiger partial charge < -0.3 is 15.5 Å². The number of nitrogens with zero attached hydrogens (tertiary/aromatic N) is 3. The van der Waals surface area contributed by atoms with E-state index in [2.05, 4.69) is 71.8 Å². The highest BCUT2D eigenvalue weighted by molar-refractivity contribution is 9.10. The summed E-state index contributed by atoms with van der Waals surface area (Å²) < 4.78 is 1.10. The molecule has 25 heavy (non-hydrogen) atoms. The van der Waals surface area contributed by atoms with Crippen LogP contribution in [-0.4, -0.2) is 37.1 Å². The van der Waals surface area contributed by atoms with Gasteiger partial charge in [0.25, 0.3) is 0 Å². The molecule has 132 valence electrons. The number of aliphatic imine (C=N–C) groups is 1. The van der Waals surface area contributed by atoms with Crippen LogP contribution in [0.4, 0.5) is 5.82 Å². The predicted octanol–water partition coefficient (Wildman–Crippen LogP) is 3.18. The van der Waals surface area contributed by atoms with Crippen LogP contribution >= 0.6 is 15.9 Å². The van der Waals surface area contributed by atoms with E-state index in [-0.39, 0.29) is 0 Å². The number of rotatable bonds is 4. The number of hydrogen-bond acceptors (Lipinski definition) is 3. The van der Waals surface area contributed by atoms with Crippen molar-refractivity contribution in [1.82, 2.24) is 15.6 Å². The van der Waals surface area contributed by atoms with Crippen LogP contribution < -0.4 is 15.5 Å². The summed E-state index contributed by atoms with van der Waals surface area (Å²) in [7, 11) is 1.82. The Hall–Kier alpha value is -2.08. The summed E-state index contributed by atoms with van der Waals surface area (Å²) in [5.41, 5.74) is 1.23. The largest absolute Gasteiger partial charge is 0.356 e. The topological polar surface area (TPSA) is 52.6 Å². The van der Waals surface area contributed by atoms with Gasteiger partial charge >= 0.3 is 0 Å². The predicted molar refractivity (Wildman–Crippen MR) is 107 cm³/mol. The molecular formula is C19H24BrN5. The molecule has 3 rings (SSSR count). The Morgan fingerprint density at radius 1 is 1.20 bits per heavy atom. The van der Waals surface area contributed by atoms with Crippen molar-refractivity contribution < 1.29 is 0 Å². The Kier molecular flexibility index (Phi) is 6.28. The standard InChI is InChI=1S/C19H24BrN5/c1-21-19(23-14-15-5-7-16(20)8-6-15)24-17-9-12-25(13-10-17)18-4-2-3-11-22-18/h2-8,11,17H,9-10,12-14H2,1H3,(H2,21,23,24). The van der Waals surface area contributed by atoms with Crippen molar-refractivity contribution in [3.63, 3.8) is 0 Å². The van der Waals surface area contributed by atoms with Gasteiger partial charge in [0.15, 0.2) is 5.96 Å². The minimum absolute atomic E-state index is 0.441. The van der Waals surface area contributed by atoms with Crippen LogP contribution in [0.25, 0.3) is 0 Å². The number of guanidine groups is 1. The molecule has 2 heterocycles. The van der Waals surface area contributed by atoms with Crippen molar-refractivity contribution in [2.75, 3.05) is 25.0 Å². The maximum Gasteiger partial charge on any atom is 0.191 e. The fourth-order valence-corrected chi connectivity index (χ4v) is 3.23. The first kappa shape index (κ1) is 17.7. The van der Waals surface area contributed by atoms with E-state index in [1.807, 2.05) is 25.4 Å². The highest BCUT2D eigenvalue weighted by Crippen LogP contribution is 2.17. The Bertz CT molecular complexity index is 679. The maximum atomic E-state index is 4.44. The zero-order chi connectivity index (χ0) is 17.5. The molecule has 1 aliphatic rings. The van der Waals surface area contributed by atoms with E-state index in [4.69, 9.17) is 0 Å². The third-order valence-corrected chi connectivity index (χ3v) is 4.93. The van der Waals surface area contributed by atoms with Crippen molar-refractivity contribution in [3.05, 3.63) is 58.7 Å². The molecule has 5 nitrogen and oxygen atoms in total. The van der Waals surface area contributed by atoms with E-state index in [9.17, 15) is 0 Å². The number of aromatic nitrogens is 1. The van der Waals surface area contributed by atoms with Crippen LogP contribution in [0, 0.1) is 0 Å². The molecule has 1 aromatic heterocycles. The minimum Gasteiger partial charge on any atom is -0.356 e. The van der Waals surface area contributed by atoms with Crippen molar-refractivity contribution in [2.24, 2.45) is 4.99 Å². The lowest BCUT2D eigenvalue weighted by Crippen LogP contribution is -2.48. The maximum absolute atomic E-state index is 4.44. The van der Waals surface area contributed by atoms with Gasteiger partial charge in [0.2, 0.25) is 0 Å². The Morgan fingerprint density at radius 2 is 1.96 bits per heavy atom. The molecule has 1 fully saturated rings. The summed E-state index contributed by atoms with van der Waals surface area (Å²) >= 11 is 3.46. The van der Waals surface area contributed by atoms with Gasteiger partial charge in [0, 0.05) is 43.4 Å². The average Bonchev–Trinajstić information content (AvgIpc) is 2.67. The molecule has 0 bridgehead atoms. The molecular weight excluding hydrogens is 378 g/mol. The van der Waals surface area contributed by atoms with Crippen LogP contribution in [0.15, 0.2) is 58.1 Å². The quantitative estimate of drug-likeness (QED) is 0.610. The molecule has 0 aliphatic carbocycles. The van der Waals surface area contributed by atoms with Gasteiger partial charge in [-0.1, -0.05) is 34.1 Å². The molecule has 2 N–H and O–H groups in total. The number of halogens is 1. The second kappa shape index (κ2) is 8.85. The van der Waals surface area contributed by atoms with Gasteiger partial charge in [-0.25, -0.2) is 4.98 Å². The van der Waals surface area contributed by atoms with E-state index >= 15 is 0 Å². The molecule has 2 aromatic rings. The van der Waals surface area contributed by atoms with Crippen LogP contribution in [0.2, 0.25) is 0 Å². The zero-order valence-electron chi connectivity index (χ0n) is 14.5. The highest BCUT2D eigenvalue weighted by Gasteiger charge is 2.20. The third-order valence-electron chi connectivity index (χ3n) is 4.41. The molecule has 0 spiro atoms. The van der Waals surface area contributed by atoms with Gasteiger partial charge in [-0.3, -0.25) is 4.99 Å².